The SMILES string of the molecule is CC(C)(C)c1cccc(-c2nc3ccccc3o2)c1. The fraction of sp³-hybridized carbons (Fsp3) is 0.235. The van der Waals surface area contributed by atoms with E-state index in [0.29, 0.717) is 5.89 Å². The number of nitrogens with zero attached hydrogens (tertiary/aromatic N) is 1. The first-order valence-corrected chi connectivity index (χ1v) is 6.50. The molecule has 0 aliphatic carbocycles. The summed E-state index contributed by atoms with van der Waals surface area (Å²) in [5.74, 6) is 0.687. The van der Waals surface area contributed by atoms with E-state index in [0.717, 1.165) is 16.7 Å². The topological polar surface area (TPSA) is 26.0 Å². The molecular weight excluding hydrogens is 234 g/mol. The molecule has 0 aliphatic rings. The van der Waals surface area contributed by atoms with Gasteiger partial charge in [0.2, 0.25) is 5.89 Å². The molecule has 96 valence electrons. The maximum absolute atomic E-state index is 5.81. The second kappa shape index (κ2) is 4.23. The predicted molar refractivity (Wildman–Crippen MR) is 78.1 cm³/mol. The summed E-state index contributed by atoms with van der Waals surface area (Å²) in [6, 6.07) is 16.3. The van der Waals surface area contributed by atoms with Crippen LogP contribution in [0.1, 0.15) is 26.3 Å². The Morgan fingerprint density at radius 2 is 1.74 bits per heavy atom. The van der Waals surface area contributed by atoms with E-state index >= 15 is 0 Å². The Morgan fingerprint density at radius 3 is 2.47 bits per heavy atom. The van der Waals surface area contributed by atoms with Gasteiger partial charge in [-0.3, -0.25) is 0 Å². The highest BCUT2D eigenvalue weighted by atomic mass is 16.3. The molecule has 0 atom stereocenters. The van der Waals surface area contributed by atoms with Crippen molar-refractivity contribution < 1.29 is 4.42 Å². The highest BCUT2D eigenvalue weighted by Crippen LogP contribution is 2.28. The third kappa shape index (κ3) is 2.26. The van der Waals surface area contributed by atoms with Crippen LogP contribution in [-0.4, -0.2) is 4.98 Å². The van der Waals surface area contributed by atoms with Gasteiger partial charge in [-0.1, -0.05) is 45.0 Å². The van der Waals surface area contributed by atoms with Crippen molar-refractivity contribution in [1.82, 2.24) is 4.98 Å². The van der Waals surface area contributed by atoms with Crippen LogP contribution in [0.15, 0.2) is 52.9 Å². The lowest BCUT2D eigenvalue weighted by Gasteiger charge is -2.19. The molecule has 0 unspecified atom stereocenters. The first kappa shape index (κ1) is 12.0. The number of benzene rings is 2. The Labute approximate surface area is 113 Å². The van der Waals surface area contributed by atoms with E-state index < -0.39 is 0 Å². The number of aromatic nitrogens is 1. The normalized spacial score (nSPS) is 11.9. The van der Waals surface area contributed by atoms with E-state index in [2.05, 4.69) is 44.0 Å². The Balaban J connectivity index is 2.11. The van der Waals surface area contributed by atoms with Gasteiger partial charge in [0.05, 0.1) is 0 Å². The van der Waals surface area contributed by atoms with Gasteiger partial charge in [0.15, 0.2) is 5.58 Å². The van der Waals surface area contributed by atoms with E-state index in [1.165, 1.54) is 5.56 Å². The molecule has 0 aliphatic heterocycles. The summed E-state index contributed by atoms with van der Waals surface area (Å²) < 4.78 is 5.81. The molecule has 0 spiro atoms. The van der Waals surface area contributed by atoms with Crippen molar-refractivity contribution in [3.63, 3.8) is 0 Å². The number of hydrogen-bond donors (Lipinski definition) is 0. The highest BCUT2D eigenvalue weighted by molar-refractivity contribution is 5.76. The van der Waals surface area contributed by atoms with Crippen LogP contribution in [0.4, 0.5) is 0 Å². The highest BCUT2D eigenvalue weighted by Gasteiger charge is 2.15. The Bertz CT molecular complexity index is 686. The summed E-state index contributed by atoms with van der Waals surface area (Å²) in [4.78, 5) is 4.54. The minimum atomic E-state index is 0.127. The maximum Gasteiger partial charge on any atom is 0.227 e. The van der Waals surface area contributed by atoms with Crippen LogP contribution in [0.25, 0.3) is 22.6 Å². The molecule has 0 N–H and O–H groups in total. The van der Waals surface area contributed by atoms with Gasteiger partial charge in [0.25, 0.3) is 0 Å². The maximum atomic E-state index is 5.81. The molecular formula is C17H17NO. The first-order chi connectivity index (χ1) is 9.04. The summed E-state index contributed by atoms with van der Waals surface area (Å²) in [7, 11) is 0. The molecule has 3 aromatic rings. The zero-order valence-electron chi connectivity index (χ0n) is 11.5. The largest absolute Gasteiger partial charge is 0.436 e. The summed E-state index contributed by atoms with van der Waals surface area (Å²) in [6.45, 7) is 6.62. The zero-order chi connectivity index (χ0) is 13.5. The van der Waals surface area contributed by atoms with Gasteiger partial charge < -0.3 is 4.42 Å². The van der Waals surface area contributed by atoms with Crippen molar-refractivity contribution in [2.45, 2.75) is 26.2 Å². The molecule has 0 amide bonds. The average molecular weight is 251 g/mol. The lowest BCUT2D eigenvalue weighted by molar-refractivity contribution is 0.588. The third-order valence-corrected chi connectivity index (χ3v) is 3.27. The van der Waals surface area contributed by atoms with Crippen molar-refractivity contribution >= 4 is 11.1 Å². The molecule has 0 radical (unpaired) electrons. The Morgan fingerprint density at radius 1 is 0.947 bits per heavy atom. The van der Waals surface area contributed by atoms with Crippen molar-refractivity contribution in [3.8, 4) is 11.5 Å². The van der Waals surface area contributed by atoms with E-state index in [9.17, 15) is 0 Å². The lowest BCUT2D eigenvalue weighted by Crippen LogP contribution is -2.10. The van der Waals surface area contributed by atoms with Crippen LogP contribution in [0.2, 0.25) is 0 Å². The predicted octanol–water partition coefficient (Wildman–Crippen LogP) is 4.79. The molecule has 2 aromatic carbocycles. The summed E-state index contributed by atoms with van der Waals surface area (Å²) in [6.07, 6.45) is 0. The molecule has 0 saturated heterocycles. The van der Waals surface area contributed by atoms with Crippen LogP contribution in [-0.2, 0) is 5.41 Å². The minimum Gasteiger partial charge on any atom is -0.436 e. The number of para-hydroxylation sites is 2. The molecule has 1 heterocycles. The quantitative estimate of drug-likeness (QED) is 0.621. The van der Waals surface area contributed by atoms with Crippen LogP contribution in [0, 0.1) is 0 Å². The van der Waals surface area contributed by atoms with Gasteiger partial charge in [0, 0.05) is 5.56 Å². The zero-order valence-corrected chi connectivity index (χ0v) is 11.5. The number of fused-ring (bicyclic) bond motifs is 1. The third-order valence-electron chi connectivity index (χ3n) is 3.27. The van der Waals surface area contributed by atoms with Crippen molar-refractivity contribution in [2.75, 3.05) is 0 Å². The van der Waals surface area contributed by atoms with E-state index in [4.69, 9.17) is 4.42 Å². The van der Waals surface area contributed by atoms with E-state index in [1.807, 2.05) is 30.3 Å². The summed E-state index contributed by atoms with van der Waals surface area (Å²) in [5.41, 5.74) is 4.18. The van der Waals surface area contributed by atoms with Crippen LogP contribution in [0.5, 0.6) is 0 Å². The molecule has 19 heavy (non-hydrogen) atoms. The van der Waals surface area contributed by atoms with Crippen molar-refractivity contribution in [1.29, 1.82) is 0 Å². The fourth-order valence-corrected chi connectivity index (χ4v) is 2.11. The van der Waals surface area contributed by atoms with Gasteiger partial charge in [-0.15, -0.1) is 0 Å². The van der Waals surface area contributed by atoms with Gasteiger partial charge in [-0.05, 0) is 35.2 Å². The Hall–Kier alpha value is -2.09. The summed E-state index contributed by atoms with van der Waals surface area (Å²) >= 11 is 0. The molecule has 0 bridgehead atoms. The molecule has 2 nitrogen and oxygen atoms in total. The van der Waals surface area contributed by atoms with Gasteiger partial charge in [-0.2, -0.15) is 0 Å². The molecule has 3 rings (SSSR count). The first-order valence-electron chi connectivity index (χ1n) is 6.50. The molecule has 0 saturated carbocycles. The standard InChI is InChI=1S/C17H17NO/c1-17(2,3)13-8-6-7-12(11-13)16-18-14-9-4-5-10-15(14)19-16/h4-11H,1-3H3. The number of oxazole rings is 1. The van der Waals surface area contributed by atoms with Crippen molar-refractivity contribution in [2.24, 2.45) is 0 Å². The monoisotopic (exact) mass is 251 g/mol. The van der Waals surface area contributed by atoms with E-state index in [1.54, 1.807) is 0 Å². The van der Waals surface area contributed by atoms with Crippen molar-refractivity contribution in [3.05, 3.63) is 54.1 Å². The number of rotatable bonds is 1. The van der Waals surface area contributed by atoms with Crippen LogP contribution in [0.3, 0.4) is 0 Å². The molecule has 0 fully saturated rings. The van der Waals surface area contributed by atoms with Gasteiger partial charge in [0.1, 0.15) is 5.52 Å². The average Bonchev–Trinajstić information content (AvgIpc) is 2.81. The Kier molecular flexibility index (Phi) is 2.67. The van der Waals surface area contributed by atoms with E-state index in [-0.39, 0.29) is 5.41 Å². The second-order valence-corrected chi connectivity index (χ2v) is 5.82. The molecule has 2 heteroatoms. The fourth-order valence-electron chi connectivity index (χ4n) is 2.11. The van der Waals surface area contributed by atoms with Gasteiger partial charge in [-0.25, -0.2) is 4.98 Å². The van der Waals surface area contributed by atoms with Gasteiger partial charge >= 0.3 is 0 Å². The lowest BCUT2D eigenvalue weighted by atomic mass is 9.86. The summed E-state index contributed by atoms with van der Waals surface area (Å²) in [5, 5.41) is 0. The molecule has 1 aromatic heterocycles. The van der Waals surface area contributed by atoms with Crippen LogP contribution >= 0.6 is 0 Å². The minimum absolute atomic E-state index is 0.127. The van der Waals surface area contributed by atoms with Crippen LogP contribution < -0.4 is 0 Å². The number of hydrogen-bond acceptors (Lipinski definition) is 2. The second-order valence-electron chi connectivity index (χ2n) is 5.82. The smallest absolute Gasteiger partial charge is 0.227 e.